The van der Waals surface area contributed by atoms with E-state index >= 15 is 0 Å². The maximum Gasteiger partial charge on any atom is 0.223 e. The maximum absolute atomic E-state index is 12.4. The monoisotopic (exact) mass is 306 g/mol. The van der Waals surface area contributed by atoms with Gasteiger partial charge in [-0.05, 0) is 57.3 Å². The standard InChI is InChI=1S/C18H30N2O2/c1-12(2)14(21)20-18-9-17(10-18,11-18)8-13(3)15(22)19-16(4)6-5-7-16/h12-13H,5-11H2,1-4H3,(H,19,22)(H,20,21). The van der Waals surface area contributed by atoms with Crippen LogP contribution in [-0.4, -0.2) is 22.9 Å². The van der Waals surface area contributed by atoms with Gasteiger partial charge < -0.3 is 10.6 Å². The second-order valence-electron chi connectivity index (χ2n) is 8.96. The first kappa shape index (κ1) is 15.8. The van der Waals surface area contributed by atoms with Crippen LogP contribution in [0.25, 0.3) is 0 Å². The molecule has 0 radical (unpaired) electrons. The first-order chi connectivity index (χ1) is 10.2. The van der Waals surface area contributed by atoms with Crippen LogP contribution in [0.3, 0.4) is 0 Å². The predicted molar refractivity (Wildman–Crippen MR) is 86.2 cm³/mol. The summed E-state index contributed by atoms with van der Waals surface area (Å²) in [4.78, 5) is 24.2. The van der Waals surface area contributed by atoms with Crippen LogP contribution in [0, 0.1) is 17.3 Å². The molecule has 1 unspecified atom stereocenters. The Morgan fingerprint density at radius 3 is 2.05 bits per heavy atom. The highest BCUT2D eigenvalue weighted by atomic mass is 16.2. The molecule has 22 heavy (non-hydrogen) atoms. The highest BCUT2D eigenvalue weighted by molar-refractivity contribution is 5.80. The predicted octanol–water partition coefficient (Wildman–Crippen LogP) is 2.77. The lowest BCUT2D eigenvalue weighted by atomic mass is 9.37. The molecule has 4 nitrogen and oxygen atoms in total. The number of hydrogen-bond acceptors (Lipinski definition) is 2. The van der Waals surface area contributed by atoms with Crippen LogP contribution in [-0.2, 0) is 9.59 Å². The molecule has 4 aliphatic carbocycles. The number of hydrogen-bond donors (Lipinski definition) is 2. The molecule has 2 bridgehead atoms. The number of carbonyl (C=O) groups excluding carboxylic acids is 2. The lowest BCUT2D eigenvalue weighted by Gasteiger charge is -2.71. The number of carbonyl (C=O) groups is 2. The van der Waals surface area contributed by atoms with Crippen molar-refractivity contribution >= 4 is 11.8 Å². The molecule has 1 atom stereocenters. The van der Waals surface area contributed by atoms with E-state index in [2.05, 4.69) is 24.5 Å². The quantitative estimate of drug-likeness (QED) is 0.793. The Bertz CT molecular complexity index is 474. The highest BCUT2D eigenvalue weighted by Crippen LogP contribution is 2.69. The molecule has 2 amide bonds. The van der Waals surface area contributed by atoms with Crippen molar-refractivity contribution < 1.29 is 9.59 Å². The van der Waals surface area contributed by atoms with Crippen molar-refractivity contribution in [1.82, 2.24) is 10.6 Å². The van der Waals surface area contributed by atoms with Gasteiger partial charge in [0.2, 0.25) is 11.8 Å². The maximum atomic E-state index is 12.4. The average Bonchev–Trinajstić information content (AvgIpc) is 2.32. The van der Waals surface area contributed by atoms with E-state index in [0.29, 0.717) is 5.41 Å². The van der Waals surface area contributed by atoms with Gasteiger partial charge in [-0.15, -0.1) is 0 Å². The SMILES string of the molecule is CC(C)C(=O)NC12CC(CC(C)C(=O)NC3(C)CCC3)(C1)C2. The van der Waals surface area contributed by atoms with Gasteiger partial charge in [-0.1, -0.05) is 20.8 Å². The molecule has 2 N–H and O–H groups in total. The Morgan fingerprint density at radius 1 is 1.00 bits per heavy atom. The summed E-state index contributed by atoms with van der Waals surface area (Å²) < 4.78 is 0. The van der Waals surface area contributed by atoms with E-state index < -0.39 is 0 Å². The molecule has 4 saturated carbocycles. The molecule has 0 heterocycles. The molecular formula is C18H30N2O2. The van der Waals surface area contributed by atoms with Gasteiger partial charge in [-0.2, -0.15) is 0 Å². The van der Waals surface area contributed by atoms with Gasteiger partial charge in [0.1, 0.15) is 0 Å². The van der Waals surface area contributed by atoms with Crippen molar-refractivity contribution in [3.63, 3.8) is 0 Å². The van der Waals surface area contributed by atoms with E-state index in [-0.39, 0.29) is 34.7 Å². The lowest BCUT2D eigenvalue weighted by Crippen LogP contribution is -2.75. The molecule has 0 aromatic rings. The molecule has 4 heteroatoms. The molecule has 4 fully saturated rings. The van der Waals surface area contributed by atoms with Crippen LogP contribution >= 0.6 is 0 Å². The van der Waals surface area contributed by atoms with E-state index in [0.717, 1.165) is 38.5 Å². The van der Waals surface area contributed by atoms with Crippen LogP contribution in [0.5, 0.6) is 0 Å². The first-order valence-electron chi connectivity index (χ1n) is 8.81. The normalized spacial score (nSPS) is 35.7. The minimum Gasteiger partial charge on any atom is -0.351 e. The second kappa shape index (κ2) is 4.97. The fourth-order valence-corrected chi connectivity index (χ4v) is 4.75. The van der Waals surface area contributed by atoms with Crippen molar-refractivity contribution in [2.24, 2.45) is 17.3 Å². The second-order valence-corrected chi connectivity index (χ2v) is 8.96. The third-order valence-corrected chi connectivity index (χ3v) is 6.12. The zero-order valence-electron chi connectivity index (χ0n) is 14.4. The largest absolute Gasteiger partial charge is 0.351 e. The van der Waals surface area contributed by atoms with E-state index in [1.807, 2.05) is 13.8 Å². The van der Waals surface area contributed by atoms with E-state index in [1.165, 1.54) is 6.42 Å². The molecule has 0 saturated heterocycles. The third kappa shape index (κ3) is 2.65. The van der Waals surface area contributed by atoms with Gasteiger partial charge in [0, 0.05) is 22.9 Å². The number of amides is 2. The van der Waals surface area contributed by atoms with Crippen LogP contribution in [0.1, 0.15) is 72.6 Å². The topological polar surface area (TPSA) is 58.2 Å². The summed E-state index contributed by atoms with van der Waals surface area (Å²) in [5.41, 5.74) is 0.441. The summed E-state index contributed by atoms with van der Waals surface area (Å²) >= 11 is 0. The molecule has 4 aliphatic rings. The smallest absolute Gasteiger partial charge is 0.223 e. The Morgan fingerprint density at radius 2 is 1.59 bits per heavy atom. The Labute approximate surface area is 133 Å². The minimum atomic E-state index is 0.0528. The average molecular weight is 306 g/mol. The molecule has 0 aromatic heterocycles. The van der Waals surface area contributed by atoms with Crippen LogP contribution in [0.15, 0.2) is 0 Å². The first-order valence-corrected chi connectivity index (χ1v) is 8.81. The highest BCUT2D eigenvalue weighted by Gasteiger charge is 2.68. The minimum absolute atomic E-state index is 0.0528. The number of nitrogens with one attached hydrogen (secondary N) is 2. The van der Waals surface area contributed by atoms with Gasteiger partial charge in [0.15, 0.2) is 0 Å². The van der Waals surface area contributed by atoms with E-state index in [4.69, 9.17) is 0 Å². The zero-order chi connectivity index (χ0) is 16.2. The Balaban J connectivity index is 1.44. The van der Waals surface area contributed by atoms with E-state index in [1.54, 1.807) is 0 Å². The molecule has 4 rings (SSSR count). The summed E-state index contributed by atoms with van der Waals surface area (Å²) in [6.45, 7) is 8.07. The van der Waals surface area contributed by atoms with Crippen LogP contribution in [0.2, 0.25) is 0 Å². The van der Waals surface area contributed by atoms with Gasteiger partial charge in [0.25, 0.3) is 0 Å². The summed E-state index contributed by atoms with van der Waals surface area (Å²) in [5.74, 6) is 0.513. The summed E-state index contributed by atoms with van der Waals surface area (Å²) in [6.07, 6.45) is 7.61. The molecule has 124 valence electrons. The van der Waals surface area contributed by atoms with Crippen molar-refractivity contribution in [3.8, 4) is 0 Å². The van der Waals surface area contributed by atoms with Gasteiger partial charge >= 0.3 is 0 Å². The van der Waals surface area contributed by atoms with Gasteiger partial charge in [0.05, 0.1) is 0 Å². The summed E-state index contributed by atoms with van der Waals surface area (Å²) in [5, 5.41) is 6.43. The van der Waals surface area contributed by atoms with Crippen LogP contribution < -0.4 is 10.6 Å². The number of rotatable bonds is 6. The Kier molecular flexibility index (Phi) is 3.57. The Hall–Kier alpha value is -1.06. The third-order valence-electron chi connectivity index (χ3n) is 6.12. The van der Waals surface area contributed by atoms with Crippen LogP contribution in [0.4, 0.5) is 0 Å². The van der Waals surface area contributed by atoms with Crippen molar-refractivity contribution in [3.05, 3.63) is 0 Å². The van der Waals surface area contributed by atoms with Crippen molar-refractivity contribution in [1.29, 1.82) is 0 Å². The van der Waals surface area contributed by atoms with Gasteiger partial charge in [-0.25, -0.2) is 0 Å². The van der Waals surface area contributed by atoms with Gasteiger partial charge in [-0.3, -0.25) is 9.59 Å². The zero-order valence-corrected chi connectivity index (χ0v) is 14.4. The molecule has 0 spiro atoms. The fraction of sp³-hybridized carbons (Fsp3) is 0.889. The molecule has 0 aromatic carbocycles. The summed E-state index contributed by atoms with van der Waals surface area (Å²) in [6, 6.07) is 0. The van der Waals surface area contributed by atoms with E-state index in [9.17, 15) is 9.59 Å². The lowest BCUT2D eigenvalue weighted by molar-refractivity contribution is -0.177. The fourth-order valence-electron chi connectivity index (χ4n) is 4.75. The summed E-state index contributed by atoms with van der Waals surface area (Å²) in [7, 11) is 0. The molecular weight excluding hydrogens is 276 g/mol. The van der Waals surface area contributed by atoms with Crippen molar-refractivity contribution in [2.45, 2.75) is 83.7 Å². The van der Waals surface area contributed by atoms with Crippen molar-refractivity contribution in [2.75, 3.05) is 0 Å². The molecule has 0 aliphatic heterocycles.